The van der Waals surface area contributed by atoms with Crippen LogP contribution >= 0.6 is 0 Å². The maximum Gasteiger partial charge on any atom is 0.0737 e. The summed E-state index contributed by atoms with van der Waals surface area (Å²) in [6.45, 7) is 1.04. The summed E-state index contributed by atoms with van der Waals surface area (Å²) in [5.41, 5.74) is 2.07. The molecule has 2 aromatic carbocycles. The van der Waals surface area contributed by atoms with Gasteiger partial charge >= 0.3 is 0 Å². The van der Waals surface area contributed by atoms with Gasteiger partial charge in [-0.25, -0.2) is 0 Å². The third-order valence-electron chi connectivity index (χ3n) is 3.57. The lowest BCUT2D eigenvalue weighted by Gasteiger charge is -2.15. The zero-order valence-electron chi connectivity index (χ0n) is 12.6. The van der Waals surface area contributed by atoms with Crippen LogP contribution < -0.4 is 0 Å². The van der Waals surface area contributed by atoms with Gasteiger partial charge in [-0.2, -0.15) is 5.26 Å². The second kappa shape index (κ2) is 8.99. The number of ether oxygens (including phenoxy) is 1. The van der Waals surface area contributed by atoms with Crippen molar-refractivity contribution in [1.29, 1.82) is 5.26 Å². The van der Waals surface area contributed by atoms with Gasteiger partial charge in [0.2, 0.25) is 0 Å². The minimum atomic E-state index is -0.527. The van der Waals surface area contributed by atoms with Crippen LogP contribution in [0.15, 0.2) is 60.7 Å². The number of hydrogen-bond acceptors (Lipinski definition) is 3. The lowest BCUT2D eigenvalue weighted by Crippen LogP contribution is -2.14. The maximum absolute atomic E-state index is 10.1. The molecule has 0 aliphatic rings. The second-order valence-corrected chi connectivity index (χ2v) is 5.31. The van der Waals surface area contributed by atoms with Crippen molar-refractivity contribution < 1.29 is 9.84 Å². The van der Waals surface area contributed by atoms with Crippen LogP contribution in [0.2, 0.25) is 0 Å². The molecule has 0 amide bonds. The van der Waals surface area contributed by atoms with Crippen LogP contribution in [-0.2, 0) is 11.3 Å². The Morgan fingerprint density at radius 3 is 2.27 bits per heavy atom. The van der Waals surface area contributed by atoms with Crippen molar-refractivity contribution in [2.45, 2.75) is 31.5 Å². The second-order valence-electron chi connectivity index (χ2n) is 5.31. The number of nitriles is 1. The summed E-state index contributed by atoms with van der Waals surface area (Å²) in [6.07, 6.45) is 0.452. The predicted molar refractivity (Wildman–Crippen MR) is 86.1 cm³/mol. The molecule has 0 aliphatic heterocycles. The fourth-order valence-corrected chi connectivity index (χ4v) is 2.32. The SMILES string of the molecule is N#CC(CC(O)CCOCc1ccccc1)c1ccccc1. The normalized spacial score (nSPS) is 13.3. The molecule has 0 aliphatic carbocycles. The molecule has 22 heavy (non-hydrogen) atoms. The standard InChI is InChI=1S/C19H21NO2/c20-14-18(17-9-5-2-6-10-17)13-19(21)11-12-22-15-16-7-3-1-4-8-16/h1-10,18-19,21H,11-13,15H2. The van der Waals surface area contributed by atoms with Crippen LogP contribution in [0.3, 0.4) is 0 Å². The third kappa shape index (κ3) is 5.33. The van der Waals surface area contributed by atoms with Crippen LogP contribution in [0.5, 0.6) is 0 Å². The van der Waals surface area contributed by atoms with Gasteiger partial charge in [-0.3, -0.25) is 0 Å². The zero-order chi connectivity index (χ0) is 15.6. The first kappa shape index (κ1) is 16.2. The van der Waals surface area contributed by atoms with Gasteiger partial charge in [0.1, 0.15) is 0 Å². The summed E-state index contributed by atoms with van der Waals surface area (Å²) < 4.78 is 5.57. The fraction of sp³-hybridized carbons (Fsp3) is 0.316. The monoisotopic (exact) mass is 295 g/mol. The summed E-state index contributed by atoms with van der Waals surface area (Å²) in [5, 5.41) is 19.3. The number of aliphatic hydroxyl groups is 1. The van der Waals surface area contributed by atoms with E-state index >= 15 is 0 Å². The van der Waals surface area contributed by atoms with Crippen LogP contribution in [-0.4, -0.2) is 17.8 Å². The minimum absolute atomic E-state index is 0.273. The number of aliphatic hydroxyl groups excluding tert-OH is 1. The van der Waals surface area contributed by atoms with E-state index in [0.717, 1.165) is 11.1 Å². The highest BCUT2D eigenvalue weighted by Crippen LogP contribution is 2.21. The van der Waals surface area contributed by atoms with E-state index < -0.39 is 6.10 Å². The van der Waals surface area contributed by atoms with Crippen LogP contribution in [0, 0.1) is 11.3 Å². The first-order valence-corrected chi connectivity index (χ1v) is 7.54. The van der Waals surface area contributed by atoms with Gasteiger partial charge < -0.3 is 9.84 Å². The zero-order valence-corrected chi connectivity index (χ0v) is 12.6. The fourth-order valence-electron chi connectivity index (χ4n) is 2.32. The van der Waals surface area contributed by atoms with E-state index in [4.69, 9.17) is 4.74 Å². The van der Waals surface area contributed by atoms with Crippen molar-refractivity contribution in [2.75, 3.05) is 6.61 Å². The molecule has 2 aromatic rings. The van der Waals surface area contributed by atoms with Crippen LogP contribution in [0.25, 0.3) is 0 Å². The van der Waals surface area contributed by atoms with Crippen molar-refractivity contribution in [1.82, 2.24) is 0 Å². The van der Waals surface area contributed by atoms with Crippen molar-refractivity contribution >= 4 is 0 Å². The largest absolute Gasteiger partial charge is 0.393 e. The third-order valence-corrected chi connectivity index (χ3v) is 3.57. The van der Waals surface area contributed by atoms with E-state index in [1.165, 1.54) is 0 Å². The summed E-state index contributed by atoms with van der Waals surface area (Å²) in [6, 6.07) is 21.8. The first-order chi connectivity index (χ1) is 10.8. The molecule has 3 heteroatoms. The quantitative estimate of drug-likeness (QED) is 0.756. The molecule has 2 unspecified atom stereocenters. The molecule has 0 aromatic heterocycles. The Kier molecular flexibility index (Phi) is 6.63. The Hall–Kier alpha value is -2.15. The average molecular weight is 295 g/mol. The maximum atomic E-state index is 10.1. The van der Waals surface area contributed by atoms with Crippen LogP contribution in [0.1, 0.15) is 29.9 Å². The van der Waals surface area contributed by atoms with Gasteiger partial charge in [0, 0.05) is 6.61 Å². The van der Waals surface area contributed by atoms with Crippen molar-refractivity contribution in [2.24, 2.45) is 0 Å². The van der Waals surface area contributed by atoms with Crippen molar-refractivity contribution in [3.05, 3.63) is 71.8 Å². The molecule has 0 heterocycles. The highest BCUT2D eigenvalue weighted by molar-refractivity contribution is 5.24. The molecular formula is C19H21NO2. The molecule has 0 fully saturated rings. The van der Waals surface area contributed by atoms with Crippen LogP contribution in [0.4, 0.5) is 0 Å². The van der Waals surface area contributed by atoms with Crippen molar-refractivity contribution in [3.8, 4) is 6.07 Å². The number of nitrogens with zero attached hydrogens (tertiary/aromatic N) is 1. The molecule has 114 valence electrons. The molecule has 2 rings (SSSR count). The Bertz CT molecular complexity index is 577. The van der Waals surface area contributed by atoms with Gasteiger partial charge in [-0.15, -0.1) is 0 Å². The number of rotatable bonds is 8. The summed E-state index contributed by atoms with van der Waals surface area (Å²) in [7, 11) is 0. The molecule has 2 atom stereocenters. The minimum Gasteiger partial charge on any atom is -0.393 e. The Balaban J connectivity index is 1.71. The van der Waals surface area contributed by atoms with E-state index in [0.29, 0.717) is 26.1 Å². The molecule has 0 spiro atoms. The topological polar surface area (TPSA) is 53.2 Å². The van der Waals surface area contributed by atoms with Gasteiger partial charge in [0.25, 0.3) is 0 Å². The molecule has 0 saturated heterocycles. The lowest BCUT2D eigenvalue weighted by atomic mass is 9.93. The number of hydrogen-bond donors (Lipinski definition) is 1. The molecule has 0 saturated carbocycles. The Labute approximate surface area is 131 Å². The van der Waals surface area contributed by atoms with Gasteiger partial charge in [0.15, 0.2) is 0 Å². The molecule has 0 radical (unpaired) electrons. The summed E-state index contributed by atoms with van der Waals surface area (Å²) in [4.78, 5) is 0. The van der Waals surface area contributed by atoms with Gasteiger partial charge in [-0.1, -0.05) is 60.7 Å². The predicted octanol–water partition coefficient (Wildman–Crippen LogP) is 3.65. The molecule has 0 bridgehead atoms. The van der Waals surface area contributed by atoms with Gasteiger partial charge in [0.05, 0.1) is 24.7 Å². The molecular weight excluding hydrogens is 274 g/mol. The van der Waals surface area contributed by atoms with Crippen molar-refractivity contribution in [3.63, 3.8) is 0 Å². The van der Waals surface area contributed by atoms with Gasteiger partial charge in [-0.05, 0) is 24.0 Å². The summed E-state index contributed by atoms with van der Waals surface area (Å²) >= 11 is 0. The molecule has 1 N–H and O–H groups in total. The van der Waals surface area contributed by atoms with E-state index in [1.807, 2.05) is 60.7 Å². The highest BCUT2D eigenvalue weighted by atomic mass is 16.5. The smallest absolute Gasteiger partial charge is 0.0737 e. The Morgan fingerprint density at radius 2 is 1.64 bits per heavy atom. The molecule has 3 nitrogen and oxygen atoms in total. The lowest BCUT2D eigenvalue weighted by molar-refractivity contribution is 0.0689. The summed E-state index contributed by atoms with van der Waals surface area (Å²) in [5.74, 6) is -0.273. The van der Waals surface area contributed by atoms with E-state index in [1.54, 1.807) is 0 Å². The van der Waals surface area contributed by atoms with E-state index in [-0.39, 0.29) is 5.92 Å². The van der Waals surface area contributed by atoms with E-state index in [2.05, 4.69) is 6.07 Å². The number of benzene rings is 2. The van der Waals surface area contributed by atoms with E-state index in [9.17, 15) is 10.4 Å². The first-order valence-electron chi connectivity index (χ1n) is 7.54. The Morgan fingerprint density at radius 1 is 1.00 bits per heavy atom. The highest BCUT2D eigenvalue weighted by Gasteiger charge is 2.15. The average Bonchev–Trinajstić information content (AvgIpc) is 2.58.